The molecule has 1 heterocycles. The number of nitrogens with one attached hydrogen (secondary N) is 2. The number of hydrogen-bond acceptors (Lipinski definition) is 3. The Balaban J connectivity index is 1.86. The second-order valence-corrected chi connectivity index (χ2v) is 5.89. The van der Waals surface area contributed by atoms with Gasteiger partial charge in [-0.2, -0.15) is 0 Å². The molecule has 2 N–H and O–H groups in total. The third-order valence-electron chi connectivity index (χ3n) is 3.24. The van der Waals surface area contributed by atoms with Crippen molar-refractivity contribution in [2.75, 3.05) is 16.9 Å². The molecule has 0 aliphatic carbocycles. The first-order valence-electron chi connectivity index (χ1n) is 6.39. The van der Waals surface area contributed by atoms with Crippen LogP contribution in [0.3, 0.4) is 0 Å². The lowest BCUT2D eigenvalue weighted by Gasteiger charge is -2.04. The molecule has 1 aliphatic heterocycles. The highest BCUT2D eigenvalue weighted by atomic mass is 35.5. The van der Waals surface area contributed by atoms with Crippen LogP contribution in [0.4, 0.5) is 11.4 Å². The standard InChI is InChI=1S/C16H13ClN2OS/c1-21-12-5-3-11(4-6-12)18-9-14-13-8-10(17)2-7-15(13)19-16(14)20/h2-9,18H,1H3,(H,19,20). The maximum atomic E-state index is 12.0. The first kappa shape index (κ1) is 14.0. The minimum Gasteiger partial charge on any atom is -0.361 e. The van der Waals surface area contributed by atoms with E-state index in [1.165, 1.54) is 4.90 Å². The molecular formula is C16H13ClN2OS. The highest BCUT2D eigenvalue weighted by Crippen LogP contribution is 2.33. The summed E-state index contributed by atoms with van der Waals surface area (Å²) in [4.78, 5) is 13.2. The van der Waals surface area contributed by atoms with E-state index in [2.05, 4.69) is 10.6 Å². The lowest BCUT2D eigenvalue weighted by molar-refractivity contribution is -0.110. The van der Waals surface area contributed by atoms with Crippen molar-refractivity contribution in [3.05, 3.63) is 59.3 Å². The van der Waals surface area contributed by atoms with Gasteiger partial charge in [-0.25, -0.2) is 0 Å². The number of anilines is 2. The van der Waals surface area contributed by atoms with Crippen molar-refractivity contribution < 1.29 is 4.79 Å². The van der Waals surface area contributed by atoms with Gasteiger partial charge >= 0.3 is 0 Å². The van der Waals surface area contributed by atoms with Crippen LogP contribution in [0.2, 0.25) is 5.02 Å². The smallest absolute Gasteiger partial charge is 0.257 e. The fourth-order valence-corrected chi connectivity index (χ4v) is 2.73. The van der Waals surface area contributed by atoms with Gasteiger partial charge in [0.15, 0.2) is 0 Å². The molecule has 0 atom stereocenters. The molecule has 106 valence electrons. The van der Waals surface area contributed by atoms with E-state index in [9.17, 15) is 4.79 Å². The summed E-state index contributed by atoms with van der Waals surface area (Å²) in [5.41, 5.74) is 3.13. The van der Waals surface area contributed by atoms with E-state index in [-0.39, 0.29) is 5.91 Å². The van der Waals surface area contributed by atoms with Crippen molar-refractivity contribution in [2.45, 2.75) is 4.90 Å². The molecule has 0 bridgehead atoms. The maximum Gasteiger partial charge on any atom is 0.257 e. The van der Waals surface area contributed by atoms with Crippen molar-refractivity contribution in [2.24, 2.45) is 0 Å². The molecule has 21 heavy (non-hydrogen) atoms. The highest BCUT2D eigenvalue weighted by molar-refractivity contribution is 7.98. The largest absolute Gasteiger partial charge is 0.361 e. The average molecular weight is 317 g/mol. The number of rotatable bonds is 3. The minimum absolute atomic E-state index is 0.125. The Morgan fingerprint density at radius 3 is 2.67 bits per heavy atom. The van der Waals surface area contributed by atoms with Gasteiger partial charge in [0.25, 0.3) is 5.91 Å². The van der Waals surface area contributed by atoms with E-state index < -0.39 is 0 Å². The molecule has 0 unspecified atom stereocenters. The number of amides is 1. The Bertz CT molecular complexity index is 726. The van der Waals surface area contributed by atoms with E-state index in [0.29, 0.717) is 10.6 Å². The molecule has 1 aliphatic rings. The molecule has 5 heteroatoms. The Labute approximate surface area is 132 Å². The van der Waals surface area contributed by atoms with Crippen molar-refractivity contribution in [3.8, 4) is 0 Å². The summed E-state index contributed by atoms with van der Waals surface area (Å²) in [5, 5.41) is 6.59. The predicted octanol–water partition coefficient (Wildman–Crippen LogP) is 4.47. The minimum atomic E-state index is -0.125. The normalized spacial score (nSPS) is 15.0. The van der Waals surface area contributed by atoms with Gasteiger partial charge in [-0.3, -0.25) is 4.79 Å². The SMILES string of the molecule is CSc1ccc(NC=C2C(=O)Nc3ccc(Cl)cc32)cc1. The number of fused-ring (bicyclic) bond motifs is 1. The topological polar surface area (TPSA) is 41.1 Å². The van der Waals surface area contributed by atoms with Gasteiger partial charge < -0.3 is 10.6 Å². The first-order valence-corrected chi connectivity index (χ1v) is 7.99. The van der Waals surface area contributed by atoms with Crippen molar-refractivity contribution in [1.29, 1.82) is 0 Å². The molecule has 0 saturated carbocycles. The molecule has 2 aromatic rings. The number of benzene rings is 2. The van der Waals surface area contributed by atoms with Crippen LogP contribution in [0.15, 0.2) is 53.6 Å². The van der Waals surface area contributed by atoms with Crippen molar-refractivity contribution in [1.82, 2.24) is 0 Å². The molecule has 3 rings (SSSR count). The van der Waals surface area contributed by atoms with Crippen LogP contribution in [0.25, 0.3) is 5.57 Å². The Kier molecular flexibility index (Phi) is 3.90. The molecule has 3 nitrogen and oxygen atoms in total. The van der Waals surface area contributed by atoms with Gasteiger partial charge in [0.05, 0.1) is 5.57 Å². The van der Waals surface area contributed by atoms with Gasteiger partial charge in [-0.15, -0.1) is 11.8 Å². The van der Waals surface area contributed by atoms with Gasteiger partial charge in [0, 0.05) is 33.1 Å². The second-order valence-electron chi connectivity index (χ2n) is 4.57. The zero-order chi connectivity index (χ0) is 14.8. The predicted molar refractivity (Wildman–Crippen MR) is 89.9 cm³/mol. The summed E-state index contributed by atoms with van der Waals surface area (Å²) in [6, 6.07) is 13.4. The zero-order valence-corrected chi connectivity index (χ0v) is 12.9. The number of carbonyl (C=O) groups excluding carboxylic acids is 1. The van der Waals surface area contributed by atoms with Crippen molar-refractivity contribution in [3.63, 3.8) is 0 Å². The molecule has 2 aromatic carbocycles. The summed E-state index contributed by atoms with van der Waals surface area (Å²) in [5.74, 6) is -0.125. The van der Waals surface area contributed by atoms with E-state index in [0.717, 1.165) is 16.9 Å². The fourth-order valence-electron chi connectivity index (χ4n) is 2.15. The summed E-state index contributed by atoms with van der Waals surface area (Å²) < 4.78 is 0. The lowest BCUT2D eigenvalue weighted by atomic mass is 10.1. The summed E-state index contributed by atoms with van der Waals surface area (Å²) >= 11 is 7.69. The van der Waals surface area contributed by atoms with Crippen LogP contribution < -0.4 is 10.6 Å². The molecule has 0 saturated heterocycles. The van der Waals surface area contributed by atoms with Gasteiger partial charge in [-0.05, 0) is 48.7 Å². The van der Waals surface area contributed by atoms with Crippen LogP contribution in [-0.2, 0) is 4.79 Å². The van der Waals surface area contributed by atoms with Gasteiger partial charge in [-0.1, -0.05) is 11.6 Å². The average Bonchev–Trinajstić information content (AvgIpc) is 2.80. The third-order valence-corrected chi connectivity index (χ3v) is 4.22. The third kappa shape index (κ3) is 2.91. The maximum absolute atomic E-state index is 12.0. The highest BCUT2D eigenvalue weighted by Gasteiger charge is 2.24. The molecular weight excluding hydrogens is 304 g/mol. The lowest BCUT2D eigenvalue weighted by Crippen LogP contribution is -2.05. The number of halogens is 1. The molecule has 0 spiro atoms. The summed E-state index contributed by atoms with van der Waals surface area (Å²) in [6.07, 6.45) is 3.75. The number of hydrogen-bond donors (Lipinski definition) is 2. The van der Waals surface area contributed by atoms with E-state index in [1.807, 2.05) is 36.6 Å². The first-order chi connectivity index (χ1) is 10.2. The molecule has 0 aromatic heterocycles. The van der Waals surface area contributed by atoms with Crippen molar-refractivity contribution >= 4 is 46.2 Å². The molecule has 0 radical (unpaired) electrons. The molecule has 1 amide bonds. The van der Waals surface area contributed by atoms with Gasteiger partial charge in [0.2, 0.25) is 0 Å². The Hall–Kier alpha value is -1.91. The Morgan fingerprint density at radius 1 is 1.19 bits per heavy atom. The van der Waals surface area contributed by atoms with Crippen LogP contribution in [0, 0.1) is 0 Å². The van der Waals surface area contributed by atoms with Crippen LogP contribution in [0.5, 0.6) is 0 Å². The van der Waals surface area contributed by atoms with Crippen LogP contribution >= 0.6 is 23.4 Å². The van der Waals surface area contributed by atoms with Crippen LogP contribution in [-0.4, -0.2) is 12.2 Å². The summed E-state index contributed by atoms with van der Waals surface area (Å²) in [7, 11) is 0. The van der Waals surface area contributed by atoms with E-state index >= 15 is 0 Å². The van der Waals surface area contributed by atoms with E-state index in [1.54, 1.807) is 30.1 Å². The quantitative estimate of drug-likeness (QED) is 0.648. The number of carbonyl (C=O) groups is 1. The van der Waals surface area contributed by atoms with Crippen LogP contribution in [0.1, 0.15) is 5.56 Å². The summed E-state index contributed by atoms with van der Waals surface area (Å²) in [6.45, 7) is 0. The monoisotopic (exact) mass is 316 g/mol. The number of thioether (sulfide) groups is 1. The molecule has 0 fully saturated rings. The Morgan fingerprint density at radius 2 is 1.95 bits per heavy atom. The second kappa shape index (κ2) is 5.84. The van der Waals surface area contributed by atoms with Gasteiger partial charge in [0.1, 0.15) is 0 Å². The van der Waals surface area contributed by atoms with E-state index in [4.69, 9.17) is 11.6 Å². The zero-order valence-electron chi connectivity index (χ0n) is 11.3. The fraction of sp³-hybridized carbons (Fsp3) is 0.0625.